The number of hydrogen-bond acceptors (Lipinski definition) is 2. The standard InChI is InChI=1S/C23H25NO2/c1-23(2,3)26-22(25)24-20-12-8-7-11-18(20)19-14-13-17(15-21(19)24)16-9-5-4-6-10-16/h4-12,17H,13-15H2,1-3H3. The first kappa shape index (κ1) is 16.9. The van der Waals surface area contributed by atoms with E-state index in [1.165, 1.54) is 16.5 Å². The summed E-state index contributed by atoms with van der Waals surface area (Å²) in [5, 5.41) is 1.18. The average molecular weight is 347 g/mol. The van der Waals surface area contributed by atoms with Crippen molar-refractivity contribution in [1.29, 1.82) is 0 Å². The van der Waals surface area contributed by atoms with Gasteiger partial charge in [0.2, 0.25) is 0 Å². The molecule has 0 spiro atoms. The number of benzene rings is 2. The molecule has 1 atom stereocenters. The molecule has 0 saturated heterocycles. The fourth-order valence-electron chi connectivity index (χ4n) is 4.03. The number of ether oxygens (including phenoxy) is 1. The number of carbonyl (C=O) groups excluding carboxylic acids is 1. The van der Waals surface area contributed by atoms with Crippen LogP contribution in [0.1, 0.15) is 49.9 Å². The van der Waals surface area contributed by atoms with E-state index in [4.69, 9.17) is 4.74 Å². The van der Waals surface area contributed by atoms with Crippen molar-refractivity contribution in [3.05, 3.63) is 71.4 Å². The van der Waals surface area contributed by atoms with E-state index in [2.05, 4.69) is 36.4 Å². The van der Waals surface area contributed by atoms with Crippen LogP contribution < -0.4 is 0 Å². The van der Waals surface area contributed by atoms with E-state index < -0.39 is 5.60 Å². The number of rotatable bonds is 1. The van der Waals surface area contributed by atoms with Crippen molar-refractivity contribution in [2.45, 2.75) is 51.6 Å². The van der Waals surface area contributed by atoms with Gasteiger partial charge in [0.25, 0.3) is 0 Å². The zero-order valence-corrected chi connectivity index (χ0v) is 15.7. The molecule has 0 fully saturated rings. The second-order valence-corrected chi connectivity index (χ2v) is 8.11. The number of carbonyl (C=O) groups is 1. The second-order valence-electron chi connectivity index (χ2n) is 8.11. The number of aromatic nitrogens is 1. The van der Waals surface area contributed by atoms with Crippen LogP contribution in [0, 0.1) is 0 Å². The maximum absolute atomic E-state index is 13.0. The smallest absolute Gasteiger partial charge is 0.419 e. The summed E-state index contributed by atoms with van der Waals surface area (Å²) >= 11 is 0. The summed E-state index contributed by atoms with van der Waals surface area (Å²) in [4.78, 5) is 13.0. The van der Waals surface area contributed by atoms with Crippen molar-refractivity contribution in [3.8, 4) is 0 Å². The lowest BCUT2D eigenvalue weighted by Gasteiger charge is -2.26. The molecule has 134 valence electrons. The van der Waals surface area contributed by atoms with Crippen molar-refractivity contribution in [1.82, 2.24) is 4.57 Å². The Morgan fingerprint density at radius 3 is 2.46 bits per heavy atom. The van der Waals surface area contributed by atoms with Crippen LogP contribution >= 0.6 is 0 Å². The molecule has 0 aliphatic heterocycles. The normalized spacial score (nSPS) is 17.1. The Balaban J connectivity index is 1.81. The molecular weight excluding hydrogens is 322 g/mol. The van der Waals surface area contributed by atoms with Gasteiger partial charge in [0, 0.05) is 11.1 Å². The van der Waals surface area contributed by atoms with E-state index in [1.54, 1.807) is 0 Å². The van der Waals surface area contributed by atoms with Gasteiger partial charge in [0.1, 0.15) is 5.60 Å². The van der Waals surface area contributed by atoms with E-state index >= 15 is 0 Å². The Morgan fingerprint density at radius 1 is 1.04 bits per heavy atom. The van der Waals surface area contributed by atoms with Gasteiger partial charge in [-0.2, -0.15) is 0 Å². The van der Waals surface area contributed by atoms with Crippen molar-refractivity contribution in [2.75, 3.05) is 0 Å². The van der Waals surface area contributed by atoms with E-state index in [9.17, 15) is 4.79 Å². The molecule has 3 heteroatoms. The summed E-state index contributed by atoms with van der Waals surface area (Å²) < 4.78 is 7.53. The second kappa shape index (κ2) is 6.31. The monoisotopic (exact) mass is 347 g/mol. The molecule has 0 radical (unpaired) electrons. The Hall–Kier alpha value is -2.55. The molecule has 0 bridgehead atoms. The highest BCUT2D eigenvalue weighted by Gasteiger charge is 2.30. The Labute approximate surface area is 154 Å². The molecule has 1 aliphatic carbocycles. The SMILES string of the molecule is CC(C)(C)OC(=O)n1c2c(c3ccccc31)CCC(c1ccccc1)C2. The summed E-state index contributed by atoms with van der Waals surface area (Å²) in [6.45, 7) is 5.74. The lowest BCUT2D eigenvalue weighted by molar-refractivity contribution is 0.0539. The van der Waals surface area contributed by atoms with Crippen LogP contribution in [0.15, 0.2) is 54.6 Å². The molecule has 0 amide bonds. The molecule has 3 aromatic rings. The zero-order chi connectivity index (χ0) is 18.3. The van der Waals surface area contributed by atoms with Crippen LogP contribution in [-0.2, 0) is 17.6 Å². The number of nitrogens with zero attached hydrogens (tertiary/aromatic N) is 1. The van der Waals surface area contributed by atoms with Crippen LogP contribution in [0.3, 0.4) is 0 Å². The molecule has 3 nitrogen and oxygen atoms in total. The first-order valence-electron chi connectivity index (χ1n) is 9.33. The van der Waals surface area contributed by atoms with Gasteiger partial charge in [0.15, 0.2) is 0 Å². The largest absolute Gasteiger partial charge is 0.443 e. The van der Waals surface area contributed by atoms with Crippen molar-refractivity contribution >= 4 is 17.0 Å². The highest BCUT2D eigenvalue weighted by molar-refractivity contribution is 5.94. The van der Waals surface area contributed by atoms with E-state index in [0.29, 0.717) is 5.92 Å². The predicted octanol–water partition coefficient (Wildman–Crippen LogP) is 5.70. The number of hydrogen-bond donors (Lipinski definition) is 0. The third-order valence-corrected chi connectivity index (χ3v) is 5.12. The van der Waals surface area contributed by atoms with Crippen LogP contribution in [0.4, 0.5) is 4.79 Å². The van der Waals surface area contributed by atoms with Crippen LogP contribution in [0.2, 0.25) is 0 Å². The van der Waals surface area contributed by atoms with E-state index in [-0.39, 0.29) is 6.09 Å². The molecule has 0 N–H and O–H groups in total. The maximum atomic E-state index is 13.0. The molecule has 1 unspecified atom stereocenters. The van der Waals surface area contributed by atoms with Gasteiger partial charge < -0.3 is 4.74 Å². The fourth-order valence-corrected chi connectivity index (χ4v) is 4.03. The van der Waals surface area contributed by atoms with Gasteiger partial charge >= 0.3 is 6.09 Å². The quantitative estimate of drug-likeness (QED) is 0.565. The fraction of sp³-hybridized carbons (Fsp3) is 0.348. The lowest BCUT2D eigenvalue weighted by atomic mass is 9.82. The minimum atomic E-state index is -0.511. The lowest BCUT2D eigenvalue weighted by Crippen LogP contribution is -2.29. The van der Waals surface area contributed by atoms with Crippen molar-refractivity contribution in [3.63, 3.8) is 0 Å². The van der Waals surface area contributed by atoms with Crippen LogP contribution in [-0.4, -0.2) is 16.3 Å². The van der Waals surface area contributed by atoms with E-state index in [0.717, 1.165) is 30.5 Å². The summed E-state index contributed by atoms with van der Waals surface area (Å²) in [7, 11) is 0. The number of fused-ring (bicyclic) bond motifs is 3. The van der Waals surface area contributed by atoms with Gasteiger partial charge in [-0.25, -0.2) is 9.36 Å². The summed E-state index contributed by atoms with van der Waals surface area (Å²) in [5.74, 6) is 0.439. The molecular formula is C23H25NO2. The van der Waals surface area contributed by atoms with Crippen molar-refractivity contribution < 1.29 is 9.53 Å². The van der Waals surface area contributed by atoms with Gasteiger partial charge in [0.05, 0.1) is 5.52 Å². The molecule has 1 aliphatic rings. The van der Waals surface area contributed by atoms with E-state index in [1.807, 2.05) is 43.5 Å². The van der Waals surface area contributed by atoms with Gasteiger partial charge in [-0.15, -0.1) is 0 Å². The third kappa shape index (κ3) is 3.03. The molecule has 2 aromatic carbocycles. The molecule has 1 aromatic heterocycles. The average Bonchev–Trinajstić information content (AvgIpc) is 2.95. The van der Waals surface area contributed by atoms with Crippen LogP contribution in [0.5, 0.6) is 0 Å². The highest BCUT2D eigenvalue weighted by atomic mass is 16.6. The predicted molar refractivity (Wildman–Crippen MR) is 105 cm³/mol. The topological polar surface area (TPSA) is 31.2 Å². The molecule has 26 heavy (non-hydrogen) atoms. The zero-order valence-electron chi connectivity index (χ0n) is 15.7. The molecule has 0 saturated carbocycles. The highest BCUT2D eigenvalue weighted by Crippen LogP contribution is 2.38. The molecule has 1 heterocycles. The number of para-hydroxylation sites is 1. The minimum Gasteiger partial charge on any atom is -0.443 e. The van der Waals surface area contributed by atoms with Gasteiger partial charge in [-0.3, -0.25) is 0 Å². The summed E-state index contributed by atoms with van der Waals surface area (Å²) in [6, 6.07) is 18.8. The van der Waals surface area contributed by atoms with Gasteiger partial charge in [-0.1, -0.05) is 48.5 Å². The first-order chi connectivity index (χ1) is 12.4. The number of aryl methyl sites for hydroxylation is 1. The van der Waals surface area contributed by atoms with Crippen molar-refractivity contribution in [2.24, 2.45) is 0 Å². The Morgan fingerprint density at radius 2 is 1.73 bits per heavy atom. The van der Waals surface area contributed by atoms with Gasteiger partial charge in [-0.05, 0) is 63.1 Å². The summed E-state index contributed by atoms with van der Waals surface area (Å²) in [5.41, 5.74) is 4.21. The van der Waals surface area contributed by atoms with Crippen LogP contribution in [0.25, 0.3) is 10.9 Å². The minimum absolute atomic E-state index is 0.274. The summed E-state index contributed by atoms with van der Waals surface area (Å²) in [6.07, 6.45) is 2.70. The Bertz CT molecular complexity index is 947. The maximum Gasteiger partial charge on any atom is 0.419 e. The Kier molecular flexibility index (Phi) is 4.10. The third-order valence-electron chi connectivity index (χ3n) is 5.12. The molecule has 4 rings (SSSR count). The first-order valence-corrected chi connectivity index (χ1v) is 9.33.